The molecule has 0 atom stereocenters. The zero-order valence-electron chi connectivity index (χ0n) is 17.1. The number of benzene rings is 3. The lowest BCUT2D eigenvalue weighted by atomic mass is 10.1. The van der Waals surface area contributed by atoms with Crippen molar-refractivity contribution in [1.82, 2.24) is 4.72 Å². The summed E-state index contributed by atoms with van der Waals surface area (Å²) in [6, 6.07) is 18.1. The van der Waals surface area contributed by atoms with Gasteiger partial charge in [0.25, 0.3) is 11.6 Å². The molecular weight excluding hydrogens is 489 g/mol. The third-order valence-electron chi connectivity index (χ3n) is 4.68. The van der Waals surface area contributed by atoms with E-state index < -0.39 is 14.9 Å². The van der Waals surface area contributed by atoms with E-state index in [4.69, 9.17) is 23.2 Å². The van der Waals surface area contributed by atoms with Crippen molar-refractivity contribution >= 4 is 50.5 Å². The fourth-order valence-corrected chi connectivity index (χ4v) is 4.60. The number of anilines is 1. The van der Waals surface area contributed by atoms with Gasteiger partial charge in [0.1, 0.15) is 0 Å². The largest absolute Gasteiger partial charge is 0.308 e. The van der Waals surface area contributed by atoms with Gasteiger partial charge in [0.15, 0.2) is 0 Å². The van der Waals surface area contributed by atoms with Crippen molar-refractivity contribution in [2.24, 2.45) is 0 Å². The van der Waals surface area contributed by atoms with Gasteiger partial charge in [-0.1, -0.05) is 41.4 Å². The number of halogens is 2. The van der Waals surface area contributed by atoms with E-state index in [0.717, 1.165) is 12.1 Å². The Bertz CT molecular complexity index is 1250. The Balaban J connectivity index is 1.70. The third-order valence-corrected chi connectivity index (χ3v) is 6.71. The molecule has 0 unspecified atom stereocenters. The van der Waals surface area contributed by atoms with Crippen molar-refractivity contribution in [3.63, 3.8) is 0 Å². The zero-order valence-corrected chi connectivity index (χ0v) is 19.5. The Labute approximate surface area is 200 Å². The Morgan fingerprint density at radius 3 is 2.27 bits per heavy atom. The molecule has 3 aromatic carbocycles. The average Bonchev–Trinajstić information content (AvgIpc) is 2.79. The molecule has 11 heteroatoms. The van der Waals surface area contributed by atoms with Crippen LogP contribution in [0.25, 0.3) is 0 Å². The quantitative estimate of drug-likeness (QED) is 0.251. The van der Waals surface area contributed by atoms with Crippen LogP contribution in [0.4, 0.5) is 11.4 Å². The number of carbonyl (C=O) groups is 1. The molecule has 0 heterocycles. The molecule has 0 radical (unpaired) electrons. The number of hydrogen-bond acceptors (Lipinski definition) is 5. The maximum Gasteiger partial charge on any atom is 0.269 e. The number of rotatable bonds is 9. The first kappa shape index (κ1) is 24.7. The standard InChI is InChI=1S/C22H19Cl2N3O5S/c23-16-7-12-20(21(24)15-16)22(28)26(17-5-2-1-3-6-17)14-4-13-25-33(31,32)19-10-8-18(9-11-19)27(29)30/h1-3,5-12,15,25H,4,13-14H2. The number of sulfonamides is 1. The van der Waals surface area contributed by atoms with Crippen molar-refractivity contribution in [2.75, 3.05) is 18.0 Å². The second kappa shape index (κ2) is 10.8. The zero-order chi connectivity index (χ0) is 24.0. The van der Waals surface area contributed by atoms with Crippen molar-refractivity contribution in [1.29, 1.82) is 0 Å². The number of nitrogens with zero attached hydrogens (tertiary/aromatic N) is 2. The fraction of sp³-hybridized carbons (Fsp3) is 0.136. The summed E-state index contributed by atoms with van der Waals surface area (Å²) in [5.74, 6) is -0.346. The van der Waals surface area contributed by atoms with E-state index in [1.165, 1.54) is 23.1 Å². The molecule has 1 N–H and O–H groups in total. The molecule has 8 nitrogen and oxygen atoms in total. The van der Waals surface area contributed by atoms with Crippen LogP contribution in [0, 0.1) is 10.1 Å². The van der Waals surface area contributed by atoms with Gasteiger partial charge >= 0.3 is 0 Å². The SMILES string of the molecule is O=C(c1ccc(Cl)cc1Cl)N(CCCNS(=O)(=O)c1ccc([N+](=O)[O-])cc1)c1ccccc1. The lowest BCUT2D eigenvalue weighted by molar-refractivity contribution is -0.384. The number of nitrogens with one attached hydrogen (secondary N) is 1. The minimum atomic E-state index is -3.86. The second-order valence-electron chi connectivity index (χ2n) is 6.92. The summed E-state index contributed by atoms with van der Waals surface area (Å²) < 4.78 is 27.4. The number of carbonyl (C=O) groups excluding carboxylic acids is 1. The summed E-state index contributed by atoms with van der Waals surface area (Å²) in [7, 11) is -3.86. The van der Waals surface area contributed by atoms with Crippen LogP contribution in [0.1, 0.15) is 16.8 Å². The van der Waals surface area contributed by atoms with Crippen LogP contribution >= 0.6 is 23.2 Å². The smallest absolute Gasteiger partial charge is 0.269 e. The van der Waals surface area contributed by atoms with Crippen LogP contribution in [0.2, 0.25) is 10.0 Å². The first-order chi connectivity index (χ1) is 15.7. The second-order valence-corrected chi connectivity index (χ2v) is 9.53. The van der Waals surface area contributed by atoms with Crippen molar-refractivity contribution in [3.05, 3.63) is 98.5 Å². The van der Waals surface area contributed by atoms with E-state index in [1.807, 2.05) is 6.07 Å². The highest BCUT2D eigenvalue weighted by Crippen LogP contribution is 2.25. The number of hydrogen-bond donors (Lipinski definition) is 1. The number of nitro groups is 1. The lowest BCUT2D eigenvalue weighted by Gasteiger charge is -2.23. The predicted molar refractivity (Wildman–Crippen MR) is 127 cm³/mol. The van der Waals surface area contributed by atoms with Gasteiger partial charge < -0.3 is 4.90 Å². The molecule has 0 saturated heterocycles. The van der Waals surface area contributed by atoms with E-state index in [0.29, 0.717) is 17.1 Å². The van der Waals surface area contributed by atoms with Crippen LogP contribution in [0.3, 0.4) is 0 Å². The maximum absolute atomic E-state index is 13.2. The molecule has 0 spiro atoms. The molecule has 0 saturated carbocycles. The Morgan fingerprint density at radius 1 is 1.00 bits per heavy atom. The van der Waals surface area contributed by atoms with Gasteiger partial charge in [-0.05, 0) is 48.9 Å². The average molecular weight is 508 g/mol. The van der Waals surface area contributed by atoms with Gasteiger partial charge in [-0.3, -0.25) is 14.9 Å². The minimum Gasteiger partial charge on any atom is -0.308 e. The van der Waals surface area contributed by atoms with Gasteiger partial charge in [-0.2, -0.15) is 0 Å². The lowest BCUT2D eigenvalue weighted by Crippen LogP contribution is -2.34. The Kier molecular flexibility index (Phi) is 8.04. The molecule has 172 valence electrons. The first-order valence-corrected chi connectivity index (χ1v) is 12.0. The van der Waals surface area contributed by atoms with Gasteiger partial charge in [0.2, 0.25) is 10.0 Å². The molecule has 0 aliphatic rings. The highest BCUT2D eigenvalue weighted by atomic mass is 35.5. The van der Waals surface area contributed by atoms with E-state index >= 15 is 0 Å². The third kappa shape index (κ3) is 6.29. The van der Waals surface area contributed by atoms with Gasteiger partial charge in [-0.25, -0.2) is 13.1 Å². The van der Waals surface area contributed by atoms with Gasteiger partial charge in [0.05, 0.1) is 20.4 Å². The summed E-state index contributed by atoms with van der Waals surface area (Å²) >= 11 is 12.1. The van der Waals surface area contributed by atoms with E-state index in [-0.39, 0.29) is 40.2 Å². The van der Waals surface area contributed by atoms with Crippen LogP contribution in [0.15, 0.2) is 77.7 Å². The van der Waals surface area contributed by atoms with Crippen LogP contribution in [-0.4, -0.2) is 32.3 Å². The predicted octanol–water partition coefficient (Wildman–Crippen LogP) is 4.92. The molecule has 3 rings (SSSR count). The van der Waals surface area contributed by atoms with Crippen LogP contribution in [0.5, 0.6) is 0 Å². The van der Waals surface area contributed by atoms with Crippen LogP contribution < -0.4 is 9.62 Å². The summed E-state index contributed by atoms with van der Waals surface area (Å²) in [5, 5.41) is 11.4. The molecule has 0 bridgehead atoms. The highest BCUT2D eigenvalue weighted by molar-refractivity contribution is 7.89. The number of para-hydroxylation sites is 1. The number of nitro benzene ring substituents is 1. The van der Waals surface area contributed by atoms with E-state index in [9.17, 15) is 23.3 Å². The molecule has 0 aliphatic heterocycles. The molecule has 33 heavy (non-hydrogen) atoms. The summed E-state index contributed by atoms with van der Waals surface area (Å²) in [6.07, 6.45) is 0.304. The normalized spacial score (nSPS) is 11.2. The van der Waals surface area contributed by atoms with Crippen molar-refractivity contribution in [3.8, 4) is 0 Å². The fourth-order valence-electron chi connectivity index (χ4n) is 3.04. The van der Waals surface area contributed by atoms with Gasteiger partial charge in [-0.15, -0.1) is 0 Å². The highest BCUT2D eigenvalue weighted by Gasteiger charge is 2.21. The molecule has 1 amide bonds. The van der Waals surface area contributed by atoms with E-state index in [1.54, 1.807) is 36.4 Å². The summed E-state index contributed by atoms with van der Waals surface area (Å²) in [4.78, 5) is 24.7. The van der Waals surface area contributed by atoms with E-state index in [2.05, 4.69) is 4.72 Å². The van der Waals surface area contributed by atoms with Crippen molar-refractivity contribution in [2.45, 2.75) is 11.3 Å². The summed E-state index contributed by atoms with van der Waals surface area (Å²) in [6.45, 7) is 0.259. The molecule has 0 aromatic heterocycles. The molecule has 3 aromatic rings. The van der Waals surface area contributed by atoms with Crippen LogP contribution in [-0.2, 0) is 10.0 Å². The molecular formula is C22H19Cl2N3O5S. The molecule has 0 fully saturated rings. The Morgan fingerprint density at radius 2 is 1.67 bits per heavy atom. The van der Waals surface area contributed by atoms with Crippen molar-refractivity contribution < 1.29 is 18.1 Å². The number of non-ortho nitro benzene ring substituents is 1. The summed E-state index contributed by atoms with van der Waals surface area (Å²) in [5.41, 5.74) is 0.704. The monoisotopic (exact) mass is 507 g/mol. The minimum absolute atomic E-state index is 0.0459. The Hall–Kier alpha value is -2.98. The maximum atomic E-state index is 13.2. The topological polar surface area (TPSA) is 110 Å². The van der Waals surface area contributed by atoms with Gasteiger partial charge in [0, 0.05) is 35.9 Å². The number of amides is 1. The first-order valence-electron chi connectivity index (χ1n) is 9.75. The molecule has 0 aliphatic carbocycles.